The van der Waals surface area contributed by atoms with E-state index in [1.807, 2.05) is 0 Å². The van der Waals surface area contributed by atoms with E-state index in [4.69, 9.17) is 9.47 Å². The highest BCUT2D eigenvalue weighted by Crippen LogP contribution is 2.42. The normalized spacial score (nSPS) is 11.8. The average molecular weight is 378 g/mol. The zero-order valence-corrected chi connectivity index (χ0v) is 13.0. The van der Waals surface area contributed by atoms with Gasteiger partial charge in [0.1, 0.15) is 23.4 Å². The lowest BCUT2D eigenvalue weighted by Gasteiger charge is -2.19. The quantitative estimate of drug-likeness (QED) is 0.479. The van der Waals surface area contributed by atoms with Crippen LogP contribution in [-0.2, 0) is 9.53 Å². The van der Waals surface area contributed by atoms with E-state index >= 15 is 0 Å². The van der Waals surface area contributed by atoms with Gasteiger partial charge in [-0.05, 0) is 36.4 Å². The zero-order valence-electron chi connectivity index (χ0n) is 10.9. The number of carbonyl (C=O) groups excluding carboxylic acids is 1. The predicted octanol–water partition coefficient (Wildman–Crippen LogP) is 2.89. The lowest BCUT2D eigenvalue weighted by atomic mass is 10.1. The molecule has 0 heterocycles. The van der Waals surface area contributed by atoms with Crippen molar-refractivity contribution in [1.29, 1.82) is 0 Å². The second-order valence-electron chi connectivity index (χ2n) is 4.00. The highest BCUT2D eigenvalue weighted by atomic mass is 127. The number of benzene rings is 1. The molecule has 104 valence electrons. The molecule has 0 saturated heterocycles. The minimum absolute atomic E-state index is 0.0999. The van der Waals surface area contributed by atoms with Crippen molar-refractivity contribution in [1.82, 2.24) is 0 Å². The van der Waals surface area contributed by atoms with Crippen LogP contribution in [0.4, 0.5) is 0 Å². The van der Waals surface area contributed by atoms with Gasteiger partial charge >= 0.3 is 5.97 Å². The van der Waals surface area contributed by atoms with Gasteiger partial charge in [0.05, 0.1) is 16.2 Å². The van der Waals surface area contributed by atoms with Crippen molar-refractivity contribution in [3.63, 3.8) is 0 Å². The summed E-state index contributed by atoms with van der Waals surface area (Å²) in [4.78, 5) is 11.5. The van der Waals surface area contributed by atoms with Gasteiger partial charge in [0.2, 0.25) is 0 Å². The molecule has 0 aromatic heterocycles. The fourth-order valence-electron chi connectivity index (χ4n) is 1.50. The first-order valence-corrected chi connectivity index (χ1v) is 6.52. The summed E-state index contributed by atoms with van der Waals surface area (Å²) in [7, 11) is 1.40. The Hall–Kier alpha value is -1.44. The largest absolute Gasteiger partial charge is 0.507 e. The third kappa shape index (κ3) is 3.31. The molecule has 2 N–H and O–H groups in total. The Morgan fingerprint density at radius 3 is 2.53 bits per heavy atom. The summed E-state index contributed by atoms with van der Waals surface area (Å²) in [5.41, 5.74) is 0.568. The molecule has 5 nitrogen and oxygen atoms in total. The number of methoxy groups -OCH3 is 1. The van der Waals surface area contributed by atoms with Gasteiger partial charge in [-0.3, -0.25) is 0 Å². The Kier molecular flexibility index (Phi) is 5.04. The zero-order chi connectivity index (χ0) is 14.7. The fourth-order valence-corrected chi connectivity index (χ4v) is 1.95. The molecule has 1 aromatic carbocycles. The lowest BCUT2D eigenvalue weighted by molar-refractivity contribution is -0.143. The minimum Gasteiger partial charge on any atom is -0.507 e. The molecule has 0 spiro atoms. The first-order chi connectivity index (χ1) is 8.79. The Bertz CT molecular complexity index is 524. The van der Waals surface area contributed by atoms with Gasteiger partial charge in [0, 0.05) is 11.6 Å². The molecule has 19 heavy (non-hydrogen) atoms. The minimum atomic E-state index is -0.728. The van der Waals surface area contributed by atoms with Crippen LogP contribution >= 0.6 is 22.6 Å². The summed E-state index contributed by atoms with van der Waals surface area (Å²) in [6.45, 7) is 6.63. The van der Waals surface area contributed by atoms with Crippen LogP contribution in [-0.4, -0.2) is 23.3 Å². The molecule has 1 rings (SSSR count). The van der Waals surface area contributed by atoms with E-state index < -0.39 is 12.1 Å². The maximum absolute atomic E-state index is 11.5. The van der Waals surface area contributed by atoms with Crippen LogP contribution in [0.3, 0.4) is 0 Å². The SMILES string of the molecule is C=C(C)C(=O)OC(C)c1c(OC)cc(O)c(I)c1O. The average Bonchev–Trinajstić information content (AvgIpc) is 2.34. The first-order valence-electron chi connectivity index (χ1n) is 5.44. The van der Waals surface area contributed by atoms with Gasteiger partial charge in [-0.25, -0.2) is 4.79 Å². The van der Waals surface area contributed by atoms with Crippen molar-refractivity contribution in [3.05, 3.63) is 27.4 Å². The van der Waals surface area contributed by atoms with Crippen molar-refractivity contribution < 1.29 is 24.5 Å². The van der Waals surface area contributed by atoms with Gasteiger partial charge in [0.15, 0.2) is 0 Å². The third-order valence-electron chi connectivity index (χ3n) is 2.48. The Morgan fingerprint density at radius 2 is 2.05 bits per heavy atom. The molecule has 0 aliphatic carbocycles. The highest BCUT2D eigenvalue weighted by molar-refractivity contribution is 14.1. The van der Waals surface area contributed by atoms with Crippen molar-refractivity contribution in [2.24, 2.45) is 0 Å². The molecule has 0 amide bonds. The Labute approximate surface area is 125 Å². The molecule has 0 fully saturated rings. The number of esters is 1. The highest BCUT2D eigenvalue weighted by Gasteiger charge is 2.24. The van der Waals surface area contributed by atoms with Crippen LogP contribution in [0.25, 0.3) is 0 Å². The molecule has 0 aliphatic heterocycles. The second-order valence-corrected chi connectivity index (χ2v) is 5.08. The lowest BCUT2D eigenvalue weighted by Crippen LogP contribution is -2.10. The summed E-state index contributed by atoms with van der Waals surface area (Å²) in [6.07, 6.45) is -0.728. The van der Waals surface area contributed by atoms with Crippen LogP contribution in [0.2, 0.25) is 0 Å². The van der Waals surface area contributed by atoms with Crippen LogP contribution in [0.15, 0.2) is 18.2 Å². The molecular weight excluding hydrogens is 363 g/mol. The Balaban J connectivity index is 3.22. The van der Waals surface area contributed by atoms with Crippen LogP contribution in [0.1, 0.15) is 25.5 Å². The molecule has 1 atom stereocenters. The van der Waals surface area contributed by atoms with Crippen LogP contribution in [0.5, 0.6) is 17.2 Å². The van der Waals surface area contributed by atoms with E-state index in [1.165, 1.54) is 20.1 Å². The van der Waals surface area contributed by atoms with E-state index in [0.717, 1.165) is 0 Å². The predicted molar refractivity (Wildman–Crippen MR) is 78.4 cm³/mol. The number of aromatic hydroxyl groups is 2. The van der Waals surface area contributed by atoms with Gasteiger partial charge in [-0.1, -0.05) is 6.58 Å². The second kappa shape index (κ2) is 6.14. The molecular formula is C13H15IO5. The summed E-state index contributed by atoms with van der Waals surface area (Å²) < 4.78 is 10.5. The number of phenolic OH excluding ortho intramolecular Hbond substituents is 2. The molecule has 0 bridgehead atoms. The van der Waals surface area contributed by atoms with Crippen molar-refractivity contribution in [2.75, 3.05) is 7.11 Å². The number of halogens is 1. The fraction of sp³-hybridized carbons (Fsp3) is 0.308. The molecule has 0 saturated carbocycles. The van der Waals surface area contributed by atoms with E-state index in [-0.39, 0.29) is 26.4 Å². The van der Waals surface area contributed by atoms with Crippen molar-refractivity contribution >= 4 is 28.6 Å². The van der Waals surface area contributed by atoms with Gasteiger partial charge < -0.3 is 19.7 Å². The first kappa shape index (κ1) is 15.6. The van der Waals surface area contributed by atoms with Crippen LogP contribution in [0, 0.1) is 3.57 Å². The molecule has 0 radical (unpaired) electrons. The third-order valence-corrected chi connectivity index (χ3v) is 3.54. The van der Waals surface area contributed by atoms with Gasteiger partial charge in [0.25, 0.3) is 0 Å². The Morgan fingerprint density at radius 1 is 1.47 bits per heavy atom. The van der Waals surface area contributed by atoms with E-state index in [2.05, 4.69) is 6.58 Å². The van der Waals surface area contributed by atoms with Crippen LogP contribution < -0.4 is 4.74 Å². The topological polar surface area (TPSA) is 76.0 Å². The standard InChI is InChI=1S/C13H15IO5/c1-6(2)13(17)19-7(3)10-9(18-4)5-8(15)11(14)12(10)16/h5,7,15-16H,1H2,2-4H3. The van der Waals surface area contributed by atoms with Gasteiger partial charge in [-0.15, -0.1) is 0 Å². The monoisotopic (exact) mass is 378 g/mol. The summed E-state index contributed by atoms with van der Waals surface area (Å²) in [6, 6.07) is 1.36. The summed E-state index contributed by atoms with van der Waals surface area (Å²) in [5, 5.41) is 19.7. The number of hydrogen-bond donors (Lipinski definition) is 2. The van der Waals surface area contributed by atoms with Crippen molar-refractivity contribution in [2.45, 2.75) is 20.0 Å². The number of rotatable bonds is 4. The van der Waals surface area contributed by atoms with Crippen molar-refractivity contribution in [3.8, 4) is 17.2 Å². The number of ether oxygens (including phenoxy) is 2. The smallest absolute Gasteiger partial charge is 0.333 e. The maximum Gasteiger partial charge on any atom is 0.333 e. The number of carbonyl (C=O) groups is 1. The summed E-state index contributed by atoms with van der Waals surface area (Å²) >= 11 is 1.79. The molecule has 6 heteroatoms. The molecule has 1 unspecified atom stereocenters. The summed E-state index contributed by atoms with van der Waals surface area (Å²) in [5.74, 6) is -0.578. The van der Waals surface area contributed by atoms with E-state index in [1.54, 1.807) is 29.5 Å². The van der Waals surface area contributed by atoms with E-state index in [9.17, 15) is 15.0 Å². The maximum atomic E-state index is 11.5. The molecule has 1 aromatic rings. The molecule has 0 aliphatic rings. The number of phenols is 2. The number of hydrogen-bond acceptors (Lipinski definition) is 5. The van der Waals surface area contributed by atoms with E-state index in [0.29, 0.717) is 5.56 Å². The van der Waals surface area contributed by atoms with Gasteiger partial charge in [-0.2, -0.15) is 0 Å².